The Kier molecular flexibility index (Phi) is 2.79. The Morgan fingerprint density at radius 2 is 2.26 bits per heavy atom. The van der Waals surface area contributed by atoms with Crippen LogP contribution in [-0.4, -0.2) is 24.9 Å². The summed E-state index contributed by atoms with van der Waals surface area (Å²) >= 11 is 0. The first kappa shape index (κ1) is 11.5. The summed E-state index contributed by atoms with van der Waals surface area (Å²) in [6, 6.07) is 6.04. The van der Waals surface area contributed by atoms with Crippen LogP contribution >= 0.6 is 0 Å². The lowest BCUT2D eigenvalue weighted by Gasteiger charge is -1.96. The van der Waals surface area contributed by atoms with Crippen molar-refractivity contribution in [2.45, 2.75) is 13.5 Å². The molecule has 0 fully saturated rings. The van der Waals surface area contributed by atoms with Gasteiger partial charge in [0.05, 0.1) is 0 Å². The van der Waals surface area contributed by atoms with E-state index in [0.29, 0.717) is 23.8 Å². The van der Waals surface area contributed by atoms with Gasteiger partial charge in [0.15, 0.2) is 0 Å². The lowest BCUT2D eigenvalue weighted by atomic mass is 10.2. The van der Waals surface area contributed by atoms with Crippen molar-refractivity contribution in [1.29, 1.82) is 0 Å². The van der Waals surface area contributed by atoms with Crippen molar-refractivity contribution in [3.63, 3.8) is 0 Å². The summed E-state index contributed by atoms with van der Waals surface area (Å²) in [5, 5.41) is 7.85. The highest BCUT2D eigenvalue weighted by Gasteiger charge is 2.11. The molecule has 19 heavy (non-hydrogen) atoms. The predicted molar refractivity (Wildman–Crippen MR) is 63.6 cm³/mol. The molecule has 6 nitrogen and oxygen atoms in total. The maximum atomic E-state index is 13.1. The first-order chi connectivity index (χ1) is 9.22. The van der Waals surface area contributed by atoms with Gasteiger partial charge in [0.25, 0.3) is 0 Å². The Labute approximate surface area is 107 Å². The second-order valence-electron chi connectivity index (χ2n) is 3.99. The van der Waals surface area contributed by atoms with E-state index in [1.54, 1.807) is 16.8 Å². The monoisotopic (exact) mass is 259 g/mol. The standard InChI is InChI=1S/C12H10FN5O/c1-8-14-7-15-18(8)6-11-16-12(17-19-11)9-3-2-4-10(13)5-9/h2-5,7H,6H2,1H3. The zero-order valence-electron chi connectivity index (χ0n) is 10.1. The first-order valence-corrected chi connectivity index (χ1v) is 5.65. The van der Waals surface area contributed by atoms with Gasteiger partial charge in [-0.25, -0.2) is 14.1 Å². The molecule has 0 spiro atoms. The van der Waals surface area contributed by atoms with E-state index < -0.39 is 0 Å². The Balaban J connectivity index is 1.86. The fraction of sp³-hybridized carbons (Fsp3) is 0.167. The fourth-order valence-electron chi connectivity index (χ4n) is 1.67. The number of rotatable bonds is 3. The van der Waals surface area contributed by atoms with Crippen LogP contribution in [0.2, 0.25) is 0 Å². The molecule has 0 aliphatic heterocycles. The molecular formula is C12H10FN5O. The van der Waals surface area contributed by atoms with Crippen molar-refractivity contribution < 1.29 is 8.91 Å². The second kappa shape index (κ2) is 4.60. The molecule has 0 amide bonds. The average molecular weight is 259 g/mol. The molecule has 96 valence electrons. The van der Waals surface area contributed by atoms with Crippen LogP contribution in [0, 0.1) is 12.7 Å². The number of aromatic nitrogens is 5. The molecule has 2 aromatic heterocycles. The van der Waals surface area contributed by atoms with E-state index in [4.69, 9.17) is 4.52 Å². The van der Waals surface area contributed by atoms with E-state index in [1.807, 2.05) is 6.92 Å². The smallest absolute Gasteiger partial charge is 0.248 e. The topological polar surface area (TPSA) is 69.6 Å². The lowest BCUT2D eigenvalue weighted by molar-refractivity contribution is 0.364. The number of benzene rings is 1. The van der Waals surface area contributed by atoms with E-state index in [-0.39, 0.29) is 5.82 Å². The Morgan fingerprint density at radius 3 is 3.00 bits per heavy atom. The van der Waals surface area contributed by atoms with Gasteiger partial charge in [-0.1, -0.05) is 17.3 Å². The van der Waals surface area contributed by atoms with Crippen LogP contribution in [0.25, 0.3) is 11.4 Å². The fourth-order valence-corrected chi connectivity index (χ4v) is 1.67. The average Bonchev–Trinajstić information content (AvgIpc) is 3.00. The summed E-state index contributed by atoms with van der Waals surface area (Å²) in [6.45, 7) is 2.17. The Morgan fingerprint density at radius 1 is 1.37 bits per heavy atom. The summed E-state index contributed by atoms with van der Waals surface area (Å²) in [5.41, 5.74) is 0.574. The van der Waals surface area contributed by atoms with Crippen molar-refractivity contribution in [1.82, 2.24) is 24.9 Å². The van der Waals surface area contributed by atoms with Gasteiger partial charge in [0.1, 0.15) is 24.5 Å². The zero-order chi connectivity index (χ0) is 13.2. The van der Waals surface area contributed by atoms with Crippen LogP contribution in [0.3, 0.4) is 0 Å². The van der Waals surface area contributed by atoms with Crippen LogP contribution in [0.4, 0.5) is 4.39 Å². The zero-order valence-corrected chi connectivity index (χ0v) is 10.1. The highest BCUT2D eigenvalue weighted by molar-refractivity contribution is 5.53. The quantitative estimate of drug-likeness (QED) is 0.717. The minimum atomic E-state index is -0.337. The largest absolute Gasteiger partial charge is 0.337 e. The van der Waals surface area contributed by atoms with Crippen LogP contribution < -0.4 is 0 Å². The van der Waals surface area contributed by atoms with E-state index in [1.165, 1.54) is 18.5 Å². The third kappa shape index (κ3) is 2.35. The highest BCUT2D eigenvalue weighted by Crippen LogP contribution is 2.16. The van der Waals surface area contributed by atoms with Gasteiger partial charge in [-0.2, -0.15) is 10.1 Å². The third-order valence-corrected chi connectivity index (χ3v) is 2.65. The van der Waals surface area contributed by atoms with Crippen molar-refractivity contribution in [3.8, 4) is 11.4 Å². The molecule has 3 aromatic rings. The minimum absolute atomic E-state index is 0.337. The van der Waals surface area contributed by atoms with Crippen molar-refractivity contribution in [2.24, 2.45) is 0 Å². The summed E-state index contributed by atoms with van der Waals surface area (Å²) < 4.78 is 19.9. The summed E-state index contributed by atoms with van der Waals surface area (Å²) in [6.07, 6.45) is 1.46. The molecule has 1 aromatic carbocycles. The lowest BCUT2D eigenvalue weighted by Crippen LogP contribution is -2.04. The van der Waals surface area contributed by atoms with Crippen LogP contribution in [-0.2, 0) is 6.54 Å². The number of halogens is 1. The van der Waals surface area contributed by atoms with E-state index in [2.05, 4.69) is 20.2 Å². The van der Waals surface area contributed by atoms with Crippen LogP contribution in [0.1, 0.15) is 11.7 Å². The molecule has 0 atom stereocenters. The maximum absolute atomic E-state index is 13.1. The number of nitrogens with zero attached hydrogens (tertiary/aromatic N) is 5. The first-order valence-electron chi connectivity index (χ1n) is 5.65. The third-order valence-electron chi connectivity index (χ3n) is 2.65. The number of hydrogen-bond donors (Lipinski definition) is 0. The number of hydrogen-bond acceptors (Lipinski definition) is 5. The predicted octanol–water partition coefficient (Wildman–Crippen LogP) is 1.82. The molecule has 0 aliphatic rings. The molecule has 0 unspecified atom stereocenters. The van der Waals surface area contributed by atoms with Gasteiger partial charge in [-0.3, -0.25) is 0 Å². The Hall–Kier alpha value is -2.57. The minimum Gasteiger partial charge on any atom is -0.337 e. The SMILES string of the molecule is Cc1ncnn1Cc1nc(-c2cccc(F)c2)no1. The van der Waals surface area contributed by atoms with Gasteiger partial charge in [-0.05, 0) is 19.1 Å². The van der Waals surface area contributed by atoms with Gasteiger partial charge < -0.3 is 4.52 Å². The molecular weight excluding hydrogens is 249 g/mol. The van der Waals surface area contributed by atoms with Gasteiger partial charge in [0.2, 0.25) is 11.7 Å². The summed E-state index contributed by atoms with van der Waals surface area (Å²) in [7, 11) is 0. The Bertz CT molecular complexity index is 705. The van der Waals surface area contributed by atoms with Crippen molar-refractivity contribution in [3.05, 3.63) is 48.1 Å². The summed E-state index contributed by atoms with van der Waals surface area (Å²) in [4.78, 5) is 8.21. The van der Waals surface area contributed by atoms with Gasteiger partial charge >= 0.3 is 0 Å². The molecule has 7 heteroatoms. The van der Waals surface area contributed by atoms with Gasteiger partial charge in [-0.15, -0.1) is 0 Å². The molecule has 0 radical (unpaired) electrons. The molecule has 0 bridgehead atoms. The van der Waals surface area contributed by atoms with Gasteiger partial charge in [0, 0.05) is 5.56 Å². The van der Waals surface area contributed by atoms with E-state index >= 15 is 0 Å². The molecule has 0 N–H and O–H groups in total. The normalized spacial score (nSPS) is 10.8. The molecule has 3 rings (SSSR count). The highest BCUT2D eigenvalue weighted by atomic mass is 19.1. The molecule has 0 saturated carbocycles. The maximum Gasteiger partial charge on any atom is 0.248 e. The van der Waals surface area contributed by atoms with E-state index in [0.717, 1.165) is 5.82 Å². The van der Waals surface area contributed by atoms with E-state index in [9.17, 15) is 4.39 Å². The molecule has 0 saturated heterocycles. The van der Waals surface area contributed by atoms with Crippen LogP contribution in [0.5, 0.6) is 0 Å². The van der Waals surface area contributed by atoms with Crippen molar-refractivity contribution in [2.75, 3.05) is 0 Å². The second-order valence-corrected chi connectivity index (χ2v) is 3.99. The molecule has 0 aliphatic carbocycles. The molecule has 2 heterocycles. The summed E-state index contributed by atoms with van der Waals surface area (Å²) in [5.74, 6) is 1.17. The van der Waals surface area contributed by atoms with Crippen molar-refractivity contribution >= 4 is 0 Å². The number of aryl methyl sites for hydroxylation is 1. The van der Waals surface area contributed by atoms with Crippen LogP contribution in [0.15, 0.2) is 35.1 Å².